The molecule has 1 heterocycles. The summed E-state index contributed by atoms with van der Waals surface area (Å²) in [4.78, 5) is 10.2. The molecule has 1 saturated carbocycles. The van der Waals surface area contributed by atoms with Crippen LogP contribution in [0, 0.1) is 3.57 Å². The lowest BCUT2D eigenvalue weighted by Gasteiger charge is -2.29. The van der Waals surface area contributed by atoms with Gasteiger partial charge in [0.2, 0.25) is 0 Å². The topological polar surface area (TPSA) is 49.2 Å². The third kappa shape index (κ3) is 2.63. The Kier molecular flexibility index (Phi) is 3.63. The molecule has 1 aliphatic rings. The normalized spacial score (nSPS) is 18.7. The highest BCUT2D eigenvalue weighted by Crippen LogP contribution is 2.31. The maximum atomic E-state index is 10.3. The van der Waals surface area contributed by atoms with Crippen molar-refractivity contribution in [3.05, 3.63) is 16.1 Å². The van der Waals surface area contributed by atoms with Crippen LogP contribution >= 0.6 is 22.6 Å². The van der Waals surface area contributed by atoms with Crippen molar-refractivity contribution >= 4 is 28.4 Å². The summed E-state index contributed by atoms with van der Waals surface area (Å²) in [6.45, 7) is 0.653. The smallest absolute Gasteiger partial charge is 0.145 e. The minimum Gasteiger partial charge on any atom is -0.388 e. The van der Waals surface area contributed by atoms with Crippen molar-refractivity contribution in [2.45, 2.75) is 31.3 Å². The van der Waals surface area contributed by atoms with Gasteiger partial charge < -0.3 is 10.0 Å². The Labute approximate surface area is 109 Å². The van der Waals surface area contributed by atoms with Crippen LogP contribution in [-0.4, -0.2) is 34.3 Å². The fourth-order valence-corrected chi connectivity index (χ4v) is 3.01. The molecule has 4 nitrogen and oxygen atoms in total. The summed E-state index contributed by atoms with van der Waals surface area (Å²) in [7, 11) is 1.97. The quantitative estimate of drug-likeness (QED) is 0.858. The van der Waals surface area contributed by atoms with Crippen molar-refractivity contribution in [2.24, 2.45) is 0 Å². The first-order valence-electron chi connectivity index (χ1n) is 5.50. The molecule has 1 aromatic rings. The lowest BCUT2D eigenvalue weighted by molar-refractivity contribution is 0.0557. The number of anilines is 1. The Bertz CT molecular complexity index is 366. The molecule has 1 fully saturated rings. The molecule has 0 atom stereocenters. The molecule has 0 saturated heterocycles. The molecule has 0 aliphatic heterocycles. The van der Waals surface area contributed by atoms with Gasteiger partial charge in [0.15, 0.2) is 0 Å². The number of aromatic nitrogens is 2. The first-order valence-corrected chi connectivity index (χ1v) is 6.58. The number of aliphatic hydroxyl groups is 1. The molecule has 1 N–H and O–H groups in total. The van der Waals surface area contributed by atoms with E-state index in [1.54, 1.807) is 12.5 Å². The molecule has 1 aromatic heterocycles. The van der Waals surface area contributed by atoms with Gasteiger partial charge >= 0.3 is 0 Å². The standard InChI is InChI=1S/C11H16IN3O/c1-15(7-11(16)4-2-3-5-11)10-9(12)6-13-8-14-10/h6,8,16H,2-5,7H2,1H3. The second kappa shape index (κ2) is 4.83. The van der Waals surface area contributed by atoms with Crippen LogP contribution in [0.25, 0.3) is 0 Å². The van der Waals surface area contributed by atoms with Crippen molar-refractivity contribution in [1.82, 2.24) is 9.97 Å². The van der Waals surface area contributed by atoms with E-state index in [0.717, 1.165) is 35.1 Å². The third-order valence-corrected chi connectivity index (χ3v) is 3.84. The lowest BCUT2D eigenvalue weighted by Crippen LogP contribution is -2.39. The molecule has 0 bridgehead atoms. The lowest BCUT2D eigenvalue weighted by atomic mass is 10.0. The fourth-order valence-electron chi connectivity index (χ4n) is 2.29. The average molecular weight is 333 g/mol. The van der Waals surface area contributed by atoms with Crippen LogP contribution in [0.2, 0.25) is 0 Å². The second-order valence-corrected chi connectivity index (χ2v) is 5.64. The van der Waals surface area contributed by atoms with Crippen LogP contribution in [0.1, 0.15) is 25.7 Å². The van der Waals surface area contributed by atoms with Crippen LogP contribution in [-0.2, 0) is 0 Å². The zero-order valence-electron chi connectivity index (χ0n) is 9.36. The number of hydrogen-bond donors (Lipinski definition) is 1. The van der Waals surface area contributed by atoms with Gasteiger partial charge in [-0.1, -0.05) is 12.8 Å². The first kappa shape index (κ1) is 12.0. The van der Waals surface area contributed by atoms with Crippen LogP contribution in [0.15, 0.2) is 12.5 Å². The first-order chi connectivity index (χ1) is 7.61. The molecule has 1 aliphatic carbocycles. The van der Waals surface area contributed by atoms with Crippen molar-refractivity contribution in [3.8, 4) is 0 Å². The van der Waals surface area contributed by atoms with Crippen molar-refractivity contribution in [2.75, 3.05) is 18.5 Å². The molecule has 88 valence electrons. The van der Waals surface area contributed by atoms with E-state index in [-0.39, 0.29) is 0 Å². The van der Waals surface area contributed by atoms with Gasteiger partial charge in [0.25, 0.3) is 0 Å². The van der Waals surface area contributed by atoms with Gasteiger partial charge in [-0.05, 0) is 35.4 Å². The van der Waals surface area contributed by atoms with Gasteiger partial charge in [0.1, 0.15) is 12.1 Å². The van der Waals surface area contributed by atoms with Gasteiger partial charge in [0.05, 0.1) is 9.17 Å². The van der Waals surface area contributed by atoms with E-state index in [0.29, 0.717) is 6.54 Å². The van der Waals surface area contributed by atoms with Crippen LogP contribution in [0.5, 0.6) is 0 Å². The Hall–Kier alpha value is -0.430. The van der Waals surface area contributed by atoms with E-state index in [1.165, 1.54) is 0 Å². The number of hydrogen-bond acceptors (Lipinski definition) is 4. The zero-order chi connectivity index (χ0) is 11.6. The Balaban J connectivity index is 2.08. The molecule has 0 spiro atoms. The number of nitrogens with zero attached hydrogens (tertiary/aromatic N) is 3. The molecule has 0 aromatic carbocycles. The van der Waals surface area contributed by atoms with Crippen molar-refractivity contribution in [1.29, 1.82) is 0 Å². The molecule has 2 rings (SSSR count). The van der Waals surface area contributed by atoms with Crippen molar-refractivity contribution < 1.29 is 5.11 Å². The summed E-state index contributed by atoms with van der Waals surface area (Å²) in [5.74, 6) is 0.899. The highest BCUT2D eigenvalue weighted by molar-refractivity contribution is 14.1. The van der Waals surface area contributed by atoms with E-state index in [9.17, 15) is 5.11 Å². The minimum atomic E-state index is -0.525. The molecule has 0 amide bonds. The Morgan fingerprint density at radius 3 is 2.81 bits per heavy atom. The van der Waals surface area contributed by atoms with Crippen LogP contribution in [0.3, 0.4) is 0 Å². The molecule has 0 radical (unpaired) electrons. The average Bonchev–Trinajstić information content (AvgIpc) is 2.65. The Morgan fingerprint density at radius 1 is 1.50 bits per heavy atom. The van der Waals surface area contributed by atoms with Gasteiger partial charge in [-0.3, -0.25) is 0 Å². The summed E-state index contributed by atoms with van der Waals surface area (Å²) < 4.78 is 1.02. The number of halogens is 1. The van der Waals surface area contributed by atoms with E-state index in [4.69, 9.17) is 0 Å². The minimum absolute atomic E-state index is 0.525. The maximum Gasteiger partial charge on any atom is 0.145 e. The summed E-state index contributed by atoms with van der Waals surface area (Å²) in [5, 5.41) is 10.3. The molecular weight excluding hydrogens is 317 g/mol. The zero-order valence-corrected chi connectivity index (χ0v) is 11.5. The molecule has 16 heavy (non-hydrogen) atoms. The van der Waals surface area contributed by atoms with Gasteiger partial charge in [-0.25, -0.2) is 9.97 Å². The largest absolute Gasteiger partial charge is 0.388 e. The summed E-state index contributed by atoms with van der Waals surface area (Å²) >= 11 is 2.22. The molecular formula is C11H16IN3O. The van der Waals surface area contributed by atoms with E-state index >= 15 is 0 Å². The second-order valence-electron chi connectivity index (χ2n) is 4.48. The maximum absolute atomic E-state index is 10.3. The summed E-state index contributed by atoms with van der Waals surface area (Å²) in [6.07, 6.45) is 7.40. The summed E-state index contributed by atoms with van der Waals surface area (Å²) in [5.41, 5.74) is -0.525. The summed E-state index contributed by atoms with van der Waals surface area (Å²) in [6, 6.07) is 0. The van der Waals surface area contributed by atoms with E-state index in [2.05, 4.69) is 32.6 Å². The van der Waals surface area contributed by atoms with Crippen LogP contribution in [0.4, 0.5) is 5.82 Å². The van der Waals surface area contributed by atoms with Gasteiger partial charge in [-0.2, -0.15) is 0 Å². The van der Waals surface area contributed by atoms with Gasteiger partial charge in [-0.15, -0.1) is 0 Å². The van der Waals surface area contributed by atoms with E-state index in [1.807, 2.05) is 11.9 Å². The van der Waals surface area contributed by atoms with Crippen LogP contribution < -0.4 is 4.90 Å². The van der Waals surface area contributed by atoms with Gasteiger partial charge in [0, 0.05) is 19.8 Å². The van der Waals surface area contributed by atoms with Crippen molar-refractivity contribution in [3.63, 3.8) is 0 Å². The SMILES string of the molecule is CN(CC1(O)CCCC1)c1ncncc1I. The highest BCUT2D eigenvalue weighted by atomic mass is 127. The molecule has 5 heteroatoms. The predicted molar refractivity (Wildman–Crippen MR) is 71.4 cm³/mol. The number of rotatable bonds is 3. The van der Waals surface area contributed by atoms with E-state index < -0.39 is 5.60 Å². The molecule has 0 unspecified atom stereocenters. The predicted octanol–water partition coefficient (Wildman–Crippen LogP) is 1.82. The number of likely N-dealkylation sites (N-methyl/N-ethyl adjacent to an activating group) is 1. The Morgan fingerprint density at radius 2 is 2.19 bits per heavy atom. The highest BCUT2D eigenvalue weighted by Gasteiger charge is 2.32. The monoisotopic (exact) mass is 333 g/mol. The third-order valence-electron chi connectivity index (χ3n) is 3.08. The fraction of sp³-hybridized carbons (Fsp3) is 0.636.